The first kappa shape index (κ1) is 10.2. The first-order chi connectivity index (χ1) is 5.12. The van der Waals surface area contributed by atoms with Gasteiger partial charge in [-0.2, -0.15) is 0 Å². The average Bonchev–Trinajstić information content (AvgIpc) is 1.99. The van der Waals surface area contributed by atoms with Gasteiger partial charge in [-0.05, 0) is 27.2 Å². The first-order valence-electron chi connectivity index (χ1n) is 4.00. The minimum Gasteiger partial charge on any atom is -0.295 e. The summed E-state index contributed by atoms with van der Waals surface area (Å²) in [5.41, 5.74) is 3.02. The summed E-state index contributed by atoms with van der Waals surface area (Å²) in [5, 5.41) is 3.84. The molecular weight excluding hydrogens is 138 g/mol. The van der Waals surface area contributed by atoms with Crippen LogP contribution in [0.1, 0.15) is 34.1 Å². The molecule has 0 saturated heterocycles. The molecule has 0 aromatic heterocycles. The number of aliphatic imine (C=N–C) groups is 1. The van der Waals surface area contributed by atoms with E-state index in [2.05, 4.69) is 42.3 Å². The molecular formula is C8H17N3. The van der Waals surface area contributed by atoms with Crippen LogP contribution in [-0.2, 0) is 0 Å². The van der Waals surface area contributed by atoms with Gasteiger partial charge in [-0.25, -0.2) is 4.99 Å². The molecule has 1 N–H and O–H groups in total. The third-order valence-corrected chi connectivity index (χ3v) is 1.52. The summed E-state index contributed by atoms with van der Waals surface area (Å²) in [6, 6.07) is 2.56. The second kappa shape index (κ2) is 4.91. The lowest BCUT2D eigenvalue weighted by Gasteiger charge is -2.20. The Bertz CT molecular complexity index is 155. The Kier molecular flexibility index (Phi) is 4.55. The number of rotatable bonds is 4. The fourth-order valence-corrected chi connectivity index (χ4v) is 0.361. The highest BCUT2D eigenvalue weighted by Crippen LogP contribution is 2.05. The summed E-state index contributed by atoms with van der Waals surface area (Å²) in [7, 11) is 0. The van der Waals surface area contributed by atoms with Gasteiger partial charge in [-0.1, -0.05) is 6.92 Å². The highest BCUT2D eigenvalue weighted by atomic mass is 15.3. The van der Waals surface area contributed by atoms with E-state index in [0.29, 0.717) is 0 Å². The highest BCUT2D eigenvalue weighted by Gasteiger charge is 2.11. The number of hydrazone groups is 1. The van der Waals surface area contributed by atoms with Crippen LogP contribution in [0.25, 0.3) is 0 Å². The van der Waals surface area contributed by atoms with Gasteiger partial charge in [0, 0.05) is 12.1 Å². The highest BCUT2D eigenvalue weighted by molar-refractivity contribution is 5.40. The molecule has 0 saturated carbocycles. The van der Waals surface area contributed by atoms with Crippen LogP contribution in [0.15, 0.2) is 10.1 Å². The normalized spacial score (nSPS) is 10.2. The van der Waals surface area contributed by atoms with E-state index >= 15 is 0 Å². The lowest BCUT2D eigenvalue weighted by Crippen LogP contribution is -2.34. The topological polar surface area (TPSA) is 36.8 Å². The van der Waals surface area contributed by atoms with Crippen molar-refractivity contribution in [1.82, 2.24) is 5.43 Å². The van der Waals surface area contributed by atoms with E-state index in [1.54, 1.807) is 0 Å². The second-order valence-electron chi connectivity index (χ2n) is 3.04. The van der Waals surface area contributed by atoms with Crippen LogP contribution in [0.2, 0.25) is 0 Å². The summed E-state index contributed by atoms with van der Waals surface area (Å²) in [6.45, 7) is 8.97. The maximum absolute atomic E-state index is 3.84. The van der Waals surface area contributed by atoms with E-state index in [0.717, 1.165) is 13.0 Å². The van der Waals surface area contributed by atoms with Gasteiger partial charge in [0.1, 0.15) is 6.01 Å². The van der Waals surface area contributed by atoms with Crippen molar-refractivity contribution in [3.63, 3.8) is 0 Å². The van der Waals surface area contributed by atoms with Gasteiger partial charge in [-0.15, -0.1) is 5.10 Å². The zero-order valence-electron chi connectivity index (χ0n) is 7.81. The predicted octanol–water partition coefficient (Wildman–Crippen LogP) is 1.87. The van der Waals surface area contributed by atoms with Gasteiger partial charge in [0.05, 0.1) is 0 Å². The molecule has 0 atom stereocenters. The van der Waals surface area contributed by atoms with Crippen molar-refractivity contribution in [2.45, 2.75) is 39.7 Å². The summed E-state index contributed by atoms with van der Waals surface area (Å²) in [4.78, 5) is 3.83. The fraction of sp³-hybridized carbons (Fsp3) is 0.875. The fourth-order valence-electron chi connectivity index (χ4n) is 0.361. The quantitative estimate of drug-likeness (QED) is 0.488. The van der Waals surface area contributed by atoms with Crippen molar-refractivity contribution in [2.75, 3.05) is 6.54 Å². The van der Waals surface area contributed by atoms with E-state index in [9.17, 15) is 0 Å². The average molecular weight is 155 g/mol. The first-order valence-corrected chi connectivity index (χ1v) is 4.00. The van der Waals surface area contributed by atoms with Crippen LogP contribution in [0, 0.1) is 0 Å². The van der Waals surface area contributed by atoms with Gasteiger partial charge in [-0.3, -0.25) is 5.43 Å². The van der Waals surface area contributed by atoms with Crippen LogP contribution in [0.3, 0.4) is 0 Å². The standard InChI is InChI=1S/C8H17N3/c1-5-8(3,4)11-10-7-9-6-2/h11H,5-6H2,1-4H3. The summed E-state index contributed by atoms with van der Waals surface area (Å²) in [5.74, 6) is 0. The molecule has 64 valence electrons. The molecule has 0 radical (unpaired) electrons. The summed E-state index contributed by atoms with van der Waals surface area (Å²) in [6.07, 6.45) is 1.03. The molecule has 0 rings (SSSR count). The van der Waals surface area contributed by atoms with Crippen LogP contribution >= 0.6 is 0 Å². The molecule has 0 aliphatic carbocycles. The van der Waals surface area contributed by atoms with Crippen molar-refractivity contribution in [3.8, 4) is 0 Å². The Hall–Kier alpha value is -0.820. The maximum atomic E-state index is 3.84. The molecule has 0 aliphatic rings. The molecule has 0 fully saturated rings. The molecule has 0 bridgehead atoms. The molecule has 0 heterocycles. The van der Waals surface area contributed by atoms with Gasteiger partial charge < -0.3 is 0 Å². The van der Waals surface area contributed by atoms with E-state index in [-0.39, 0.29) is 5.54 Å². The smallest absolute Gasteiger partial charge is 0.114 e. The lowest BCUT2D eigenvalue weighted by atomic mass is 10.0. The lowest BCUT2D eigenvalue weighted by molar-refractivity contribution is 0.389. The summed E-state index contributed by atoms with van der Waals surface area (Å²) < 4.78 is 0. The molecule has 0 amide bonds. The van der Waals surface area contributed by atoms with Crippen LogP contribution in [0.5, 0.6) is 0 Å². The van der Waals surface area contributed by atoms with E-state index in [1.807, 2.05) is 6.92 Å². The summed E-state index contributed by atoms with van der Waals surface area (Å²) >= 11 is 0. The van der Waals surface area contributed by atoms with Gasteiger partial charge >= 0.3 is 0 Å². The Morgan fingerprint density at radius 2 is 2.00 bits per heavy atom. The van der Waals surface area contributed by atoms with Crippen molar-refractivity contribution in [2.24, 2.45) is 10.1 Å². The second-order valence-corrected chi connectivity index (χ2v) is 3.04. The number of hydrogen-bond donors (Lipinski definition) is 1. The van der Waals surface area contributed by atoms with Gasteiger partial charge in [0.15, 0.2) is 0 Å². The monoisotopic (exact) mass is 155 g/mol. The van der Waals surface area contributed by atoms with E-state index < -0.39 is 0 Å². The third-order valence-electron chi connectivity index (χ3n) is 1.52. The van der Waals surface area contributed by atoms with Crippen molar-refractivity contribution in [1.29, 1.82) is 0 Å². The maximum Gasteiger partial charge on any atom is 0.114 e. The molecule has 0 aromatic carbocycles. The minimum atomic E-state index is 0.0518. The number of nitrogens with one attached hydrogen (secondary N) is 1. The van der Waals surface area contributed by atoms with Crippen molar-refractivity contribution in [3.05, 3.63) is 0 Å². The third kappa shape index (κ3) is 5.62. The molecule has 0 spiro atoms. The SMILES string of the molecule is CCN=C=NNC(C)(C)CC. The Morgan fingerprint density at radius 3 is 2.45 bits per heavy atom. The molecule has 11 heavy (non-hydrogen) atoms. The van der Waals surface area contributed by atoms with Crippen LogP contribution in [0.4, 0.5) is 0 Å². The Morgan fingerprint density at radius 1 is 1.36 bits per heavy atom. The predicted molar refractivity (Wildman–Crippen MR) is 47.9 cm³/mol. The molecule has 0 aromatic rings. The zero-order valence-corrected chi connectivity index (χ0v) is 7.81. The van der Waals surface area contributed by atoms with Crippen LogP contribution < -0.4 is 5.43 Å². The van der Waals surface area contributed by atoms with Crippen molar-refractivity contribution < 1.29 is 0 Å². The van der Waals surface area contributed by atoms with Crippen molar-refractivity contribution >= 4 is 6.01 Å². The molecule has 0 aliphatic heterocycles. The largest absolute Gasteiger partial charge is 0.295 e. The number of nitrogens with zero attached hydrogens (tertiary/aromatic N) is 2. The van der Waals surface area contributed by atoms with E-state index in [1.165, 1.54) is 0 Å². The molecule has 0 unspecified atom stereocenters. The Labute approximate surface area is 68.6 Å². The minimum absolute atomic E-state index is 0.0518. The molecule has 3 heteroatoms. The molecule has 3 nitrogen and oxygen atoms in total. The Balaban J connectivity index is 3.77. The van der Waals surface area contributed by atoms with Gasteiger partial charge in [0.2, 0.25) is 0 Å². The van der Waals surface area contributed by atoms with Crippen LogP contribution in [-0.4, -0.2) is 18.1 Å². The number of hydrogen-bond acceptors (Lipinski definition) is 3. The van der Waals surface area contributed by atoms with E-state index in [4.69, 9.17) is 0 Å². The van der Waals surface area contributed by atoms with Gasteiger partial charge in [0.25, 0.3) is 0 Å². The zero-order chi connectivity index (χ0) is 8.74.